The molecule has 6 nitrogen and oxygen atoms in total. The predicted octanol–water partition coefficient (Wildman–Crippen LogP) is 1.90. The second-order valence-corrected chi connectivity index (χ2v) is 7.40. The van der Waals surface area contributed by atoms with Crippen molar-refractivity contribution in [2.24, 2.45) is 0 Å². The number of aromatic nitrogens is 3. The summed E-state index contributed by atoms with van der Waals surface area (Å²) in [7, 11) is 0. The van der Waals surface area contributed by atoms with Crippen LogP contribution in [0.2, 0.25) is 0 Å². The maximum absolute atomic E-state index is 9.49. The molecule has 0 spiro atoms. The Labute approximate surface area is 156 Å². The van der Waals surface area contributed by atoms with E-state index in [4.69, 9.17) is 5.73 Å². The SMILES string of the molecule is Cc1ncc(C[n+]2c(Cc3ccc(O)cc3)sc(CCO)c2C)c(N)n1. The highest BCUT2D eigenvalue weighted by Gasteiger charge is 2.24. The second-order valence-electron chi connectivity index (χ2n) is 6.24. The number of anilines is 1. The van der Waals surface area contributed by atoms with Crippen molar-refractivity contribution < 1.29 is 14.8 Å². The molecule has 136 valence electrons. The van der Waals surface area contributed by atoms with Gasteiger partial charge in [0.2, 0.25) is 5.01 Å². The highest BCUT2D eigenvalue weighted by molar-refractivity contribution is 7.11. The Morgan fingerprint density at radius 2 is 1.92 bits per heavy atom. The number of nitrogen functional groups attached to an aromatic ring is 1. The van der Waals surface area contributed by atoms with Crippen molar-refractivity contribution in [2.75, 3.05) is 12.3 Å². The number of benzene rings is 1. The van der Waals surface area contributed by atoms with Gasteiger partial charge in [0.1, 0.15) is 17.4 Å². The molecule has 26 heavy (non-hydrogen) atoms. The summed E-state index contributed by atoms with van der Waals surface area (Å²) in [5.74, 6) is 1.41. The molecule has 0 fully saturated rings. The van der Waals surface area contributed by atoms with Crippen molar-refractivity contribution in [3.8, 4) is 5.75 Å². The molecule has 2 aromatic heterocycles. The molecule has 7 heteroatoms. The minimum atomic E-state index is 0.121. The smallest absolute Gasteiger partial charge is 0.242 e. The lowest BCUT2D eigenvalue weighted by molar-refractivity contribution is -0.696. The van der Waals surface area contributed by atoms with Gasteiger partial charge < -0.3 is 15.9 Å². The van der Waals surface area contributed by atoms with Gasteiger partial charge in [0.15, 0.2) is 12.2 Å². The molecule has 0 aliphatic heterocycles. The molecular formula is C19H23N4O2S+. The lowest BCUT2D eigenvalue weighted by atomic mass is 10.1. The summed E-state index contributed by atoms with van der Waals surface area (Å²) in [5.41, 5.74) is 9.19. The van der Waals surface area contributed by atoms with Crippen LogP contribution in [0.4, 0.5) is 5.82 Å². The quantitative estimate of drug-likeness (QED) is 0.575. The van der Waals surface area contributed by atoms with E-state index in [1.807, 2.05) is 19.1 Å². The summed E-state index contributed by atoms with van der Waals surface area (Å²) in [6.45, 7) is 4.59. The Bertz CT molecular complexity index is 907. The standard InChI is InChI=1S/C19H22N4O2S/c1-12-17(7-8-24)26-18(9-14-3-5-16(25)6-4-14)23(12)11-15-10-21-13(2)22-19(15)20/h3-6,10,24H,7-9,11H2,1-2H3,(H2-,20,21,22,25)/p+1. The van der Waals surface area contributed by atoms with E-state index in [1.54, 1.807) is 29.7 Å². The number of hydrogen-bond acceptors (Lipinski definition) is 6. The average Bonchev–Trinajstić information content (AvgIpc) is 2.88. The van der Waals surface area contributed by atoms with Gasteiger partial charge in [0, 0.05) is 26.1 Å². The lowest BCUT2D eigenvalue weighted by Crippen LogP contribution is -2.40. The third kappa shape index (κ3) is 4.00. The number of aromatic hydroxyl groups is 1. The van der Waals surface area contributed by atoms with E-state index in [9.17, 15) is 10.2 Å². The van der Waals surface area contributed by atoms with Crippen LogP contribution in [-0.2, 0) is 19.4 Å². The van der Waals surface area contributed by atoms with Crippen molar-refractivity contribution in [1.82, 2.24) is 9.97 Å². The lowest BCUT2D eigenvalue weighted by Gasteiger charge is -2.05. The molecule has 3 aromatic rings. The number of aryl methyl sites for hydroxylation is 1. The summed E-state index contributed by atoms with van der Waals surface area (Å²) in [6.07, 6.45) is 3.15. The molecule has 1 aromatic carbocycles. The van der Waals surface area contributed by atoms with E-state index < -0.39 is 0 Å². The Balaban J connectivity index is 1.97. The zero-order valence-electron chi connectivity index (χ0n) is 14.9. The van der Waals surface area contributed by atoms with Gasteiger partial charge in [0.05, 0.1) is 16.9 Å². The topological polar surface area (TPSA) is 96.1 Å². The summed E-state index contributed by atoms with van der Waals surface area (Å²) in [5, 5.41) is 20.0. The van der Waals surface area contributed by atoms with Gasteiger partial charge in [0.25, 0.3) is 0 Å². The first kappa shape index (κ1) is 18.3. The van der Waals surface area contributed by atoms with Crippen molar-refractivity contribution in [1.29, 1.82) is 0 Å². The monoisotopic (exact) mass is 371 g/mol. The summed E-state index contributed by atoms with van der Waals surface area (Å²) < 4.78 is 2.22. The third-order valence-electron chi connectivity index (χ3n) is 4.33. The van der Waals surface area contributed by atoms with Crippen LogP contribution >= 0.6 is 11.3 Å². The number of aliphatic hydroxyl groups is 1. The molecule has 0 unspecified atom stereocenters. The molecule has 0 saturated carbocycles. The molecule has 0 aliphatic rings. The van der Waals surface area contributed by atoms with E-state index in [0.717, 1.165) is 33.1 Å². The maximum atomic E-state index is 9.49. The van der Waals surface area contributed by atoms with Gasteiger partial charge in [-0.15, -0.1) is 0 Å². The van der Waals surface area contributed by atoms with E-state index in [1.165, 1.54) is 0 Å². The van der Waals surface area contributed by atoms with Crippen LogP contribution in [0.3, 0.4) is 0 Å². The van der Waals surface area contributed by atoms with E-state index >= 15 is 0 Å². The summed E-state index contributed by atoms with van der Waals surface area (Å²) in [6, 6.07) is 7.23. The predicted molar refractivity (Wildman–Crippen MR) is 101 cm³/mol. The van der Waals surface area contributed by atoms with E-state index in [-0.39, 0.29) is 12.4 Å². The number of aliphatic hydroxyl groups excluding tert-OH is 1. The number of nitrogens with zero attached hydrogens (tertiary/aromatic N) is 3. The summed E-state index contributed by atoms with van der Waals surface area (Å²) in [4.78, 5) is 9.68. The van der Waals surface area contributed by atoms with Crippen molar-refractivity contribution >= 4 is 17.2 Å². The van der Waals surface area contributed by atoms with E-state index in [0.29, 0.717) is 24.6 Å². The van der Waals surface area contributed by atoms with Crippen LogP contribution in [0.1, 0.15) is 32.5 Å². The van der Waals surface area contributed by atoms with Crippen LogP contribution < -0.4 is 10.3 Å². The van der Waals surface area contributed by atoms with Crippen molar-refractivity contribution in [3.63, 3.8) is 0 Å². The molecule has 3 rings (SSSR count). The van der Waals surface area contributed by atoms with Crippen LogP contribution in [0.25, 0.3) is 0 Å². The molecule has 0 bridgehead atoms. The van der Waals surface area contributed by atoms with E-state index in [2.05, 4.69) is 21.5 Å². The van der Waals surface area contributed by atoms with Crippen molar-refractivity contribution in [3.05, 3.63) is 63.0 Å². The second kappa shape index (κ2) is 7.80. The van der Waals surface area contributed by atoms with Gasteiger partial charge in [-0.3, -0.25) is 0 Å². The fourth-order valence-corrected chi connectivity index (χ4v) is 4.16. The van der Waals surface area contributed by atoms with Gasteiger partial charge >= 0.3 is 0 Å². The molecule has 0 saturated heterocycles. The molecule has 0 radical (unpaired) electrons. The zero-order valence-corrected chi connectivity index (χ0v) is 15.8. The average molecular weight is 371 g/mol. The number of nitrogens with two attached hydrogens (primary N) is 1. The number of hydrogen-bond donors (Lipinski definition) is 3. The first-order valence-electron chi connectivity index (χ1n) is 8.45. The fourth-order valence-electron chi connectivity index (χ4n) is 2.87. The van der Waals surface area contributed by atoms with Gasteiger partial charge in [-0.2, -0.15) is 4.57 Å². The first-order valence-corrected chi connectivity index (χ1v) is 9.27. The Kier molecular flexibility index (Phi) is 5.49. The maximum Gasteiger partial charge on any atom is 0.242 e. The minimum absolute atomic E-state index is 0.121. The number of phenolic OH excluding ortho intramolecular Hbond substituents is 1. The number of thiazole rings is 1. The summed E-state index contributed by atoms with van der Waals surface area (Å²) >= 11 is 1.70. The van der Waals surface area contributed by atoms with Crippen LogP contribution in [-0.4, -0.2) is 26.8 Å². The van der Waals surface area contributed by atoms with Crippen molar-refractivity contribution in [2.45, 2.75) is 33.2 Å². The Morgan fingerprint density at radius 1 is 1.19 bits per heavy atom. The molecule has 0 amide bonds. The fraction of sp³-hybridized carbons (Fsp3) is 0.316. The Morgan fingerprint density at radius 3 is 2.58 bits per heavy atom. The number of rotatable bonds is 6. The highest BCUT2D eigenvalue weighted by atomic mass is 32.1. The Hall–Kier alpha value is -2.51. The molecule has 4 N–H and O–H groups in total. The number of phenols is 1. The highest BCUT2D eigenvalue weighted by Crippen LogP contribution is 2.22. The van der Waals surface area contributed by atoms with Crippen LogP contribution in [0.5, 0.6) is 5.75 Å². The molecular weight excluding hydrogens is 348 g/mol. The van der Waals surface area contributed by atoms with Gasteiger partial charge in [-0.25, -0.2) is 9.97 Å². The zero-order chi connectivity index (χ0) is 18.7. The first-order chi connectivity index (χ1) is 12.5. The third-order valence-corrected chi connectivity index (χ3v) is 5.67. The van der Waals surface area contributed by atoms with Gasteiger partial charge in [-0.05, 0) is 24.6 Å². The molecule has 0 atom stereocenters. The minimum Gasteiger partial charge on any atom is -0.508 e. The molecule has 0 aliphatic carbocycles. The normalized spacial score (nSPS) is 11.0. The molecule has 2 heterocycles. The largest absolute Gasteiger partial charge is 0.508 e. The van der Waals surface area contributed by atoms with Crippen LogP contribution in [0, 0.1) is 13.8 Å². The van der Waals surface area contributed by atoms with Crippen LogP contribution in [0.15, 0.2) is 30.5 Å². The van der Waals surface area contributed by atoms with Gasteiger partial charge in [-0.1, -0.05) is 23.5 Å².